The number of ether oxygens (including phenoxy) is 1. The number of benzene rings is 1. The summed E-state index contributed by atoms with van der Waals surface area (Å²) in [6, 6.07) is 6.34. The average Bonchev–Trinajstić information content (AvgIpc) is 2.35. The van der Waals surface area contributed by atoms with Crippen LogP contribution >= 0.6 is 11.8 Å². The van der Waals surface area contributed by atoms with Gasteiger partial charge in [0.05, 0.1) is 12.7 Å². The van der Waals surface area contributed by atoms with Gasteiger partial charge in [-0.2, -0.15) is 0 Å². The van der Waals surface area contributed by atoms with E-state index in [4.69, 9.17) is 0 Å². The topological polar surface area (TPSA) is 63.6 Å². The molecule has 0 aliphatic carbocycles. The van der Waals surface area contributed by atoms with Crippen LogP contribution in [0.25, 0.3) is 0 Å². The maximum Gasteiger partial charge on any atom is 0.338 e. The molecule has 16 heavy (non-hydrogen) atoms. The van der Waals surface area contributed by atoms with Gasteiger partial charge in [0.2, 0.25) is 5.12 Å². The van der Waals surface area contributed by atoms with E-state index in [0.717, 1.165) is 11.8 Å². The van der Waals surface area contributed by atoms with Crippen molar-refractivity contribution < 1.29 is 19.4 Å². The Balaban J connectivity index is 3.13. The monoisotopic (exact) mass is 240 g/mol. The fourth-order valence-corrected chi connectivity index (χ4v) is 1.62. The molecule has 0 saturated carbocycles. The van der Waals surface area contributed by atoms with Crippen molar-refractivity contribution >= 4 is 22.8 Å². The van der Waals surface area contributed by atoms with Crippen LogP contribution in [0.5, 0.6) is 0 Å². The first-order valence-corrected chi connectivity index (χ1v) is 5.77. The summed E-state index contributed by atoms with van der Waals surface area (Å²) in [6.07, 6.45) is 0.275. The second-order valence-electron chi connectivity index (χ2n) is 3.00. The second kappa shape index (κ2) is 5.67. The largest absolute Gasteiger partial charge is 0.465 e. The molecule has 0 unspecified atom stereocenters. The maximum atomic E-state index is 11.4. The van der Waals surface area contributed by atoms with Crippen LogP contribution in [-0.4, -0.2) is 29.6 Å². The third-order valence-electron chi connectivity index (χ3n) is 2.09. The van der Waals surface area contributed by atoms with Crippen molar-refractivity contribution in [2.75, 3.05) is 13.4 Å². The van der Waals surface area contributed by atoms with Crippen LogP contribution < -0.4 is 0 Å². The Labute approximate surface area is 97.6 Å². The molecule has 0 aliphatic rings. The molecule has 1 atom stereocenters. The summed E-state index contributed by atoms with van der Waals surface area (Å²) >= 11 is 0.915. The lowest BCUT2D eigenvalue weighted by molar-refractivity contribution is -0.118. The zero-order valence-corrected chi connectivity index (χ0v) is 9.78. The fraction of sp³-hybridized carbons (Fsp3) is 0.273. The highest BCUT2D eigenvalue weighted by atomic mass is 32.2. The van der Waals surface area contributed by atoms with Crippen molar-refractivity contribution in [3.8, 4) is 0 Å². The molecule has 0 saturated heterocycles. The Hall–Kier alpha value is -1.33. The number of hydrogen-bond donors (Lipinski definition) is 1. The molecule has 0 heterocycles. The summed E-state index contributed by atoms with van der Waals surface area (Å²) in [5.41, 5.74) is 0.480. The number of esters is 1. The van der Waals surface area contributed by atoms with Gasteiger partial charge >= 0.3 is 5.97 Å². The van der Waals surface area contributed by atoms with Gasteiger partial charge in [-0.3, -0.25) is 4.79 Å². The molecule has 86 valence electrons. The van der Waals surface area contributed by atoms with Crippen LogP contribution in [0.15, 0.2) is 24.3 Å². The molecule has 0 amide bonds. The highest BCUT2D eigenvalue weighted by Gasteiger charge is 2.22. The molecule has 1 rings (SSSR count). The first-order valence-electron chi connectivity index (χ1n) is 4.55. The van der Waals surface area contributed by atoms with Gasteiger partial charge in [-0.05, 0) is 12.3 Å². The van der Waals surface area contributed by atoms with Gasteiger partial charge in [-0.1, -0.05) is 30.0 Å². The van der Waals surface area contributed by atoms with E-state index >= 15 is 0 Å². The molecule has 0 fully saturated rings. The Morgan fingerprint density at radius 1 is 1.38 bits per heavy atom. The predicted octanol–water partition coefficient (Wildman–Crippen LogP) is 1.40. The van der Waals surface area contributed by atoms with Crippen molar-refractivity contribution in [1.29, 1.82) is 0 Å². The number of aliphatic hydroxyl groups is 1. The van der Waals surface area contributed by atoms with Crippen molar-refractivity contribution in [2.24, 2.45) is 0 Å². The molecular weight excluding hydrogens is 228 g/mol. The van der Waals surface area contributed by atoms with Gasteiger partial charge in [0.15, 0.2) is 0 Å². The summed E-state index contributed by atoms with van der Waals surface area (Å²) in [5.74, 6) is -0.566. The van der Waals surface area contributed by atoms with E-state index in [2.05, 4.69) is 4.74 Å². The van der Waals surface area contributed by atoms with Crippen LogP contribution in [0.4, 0.5) is 0 Å². The van der Waals surface area contributed by atoms with Gasteiger partial charge in [-0.15, -0.1) is 0 Å². The molecule has 4 nitrogen and oxygen atoms in total. The van der Waals surface area contributed by atoms with Gasteiger partial charge in [0, 0.05) is 5.56 Å². The third-order valence-corrected chi connectivity index (χ3v) is 2.71. The van der Waals surface area contributed by atoms with E-state index in [1.54, 1.807) is 18.4 Å². The molecule has 1 aromatic rings. The van der Waals surface area contributed by atoms with E-state index in [1.807, 2.05) is 0 Å². The number of carbonyl (C=O) groups is 2. The summed E-state index contributed by atoms with van der Waals surface area (Å²) in [4.78, 5) is 22.7. The van der Waals surface area contributed by atoms with E-state index in [-0.39, 0.29) is 11.1 Å². The lowest BCUT2D eigenvalue weighted by Gasteiger charge is -2.11. The average molecular weight is 240 g/mol. The van der Waals surface area contributed by atoms with E-state index in [1.165, 1.54) is 19.2 Å². The Morgan fingerprint density at radius 2 is 2.00 bits per heavy atom. The maximum absolute atomic E-state index is 11.4. The molecule has 0 radical (unpaired) electrons. The first-order chi connectivity index (χ1) is 7.61. The van der Waals surface area contributed by atoms with Crippen LogP contribution in [0.3, 0.4) is 0 Å². The minimum Gasteiger partial charge on any atom is -0.465 e. The molecule has 5 heteroatoms. The summed E-state index contributed by atoms with van der Waals surface area (Å²) in [6.45, 7) is 0. The number of methoxy groups -OCH3 is 1. The quantitative estimate of drug-likeness (QED) is 0.809. The number of hydrogen-bond acceptors (Lipinski definition) is 5. The molecular formula is C11H12O4S. The highest BCUT2D eigenvalue weighted by Crippen LogP contribution is 2.22. The number of thioether (sulfide) groups is 1. The van der Waals surface area contributed by atoms with Gasteiger partial charge in [-0.25, -0.2) is 4.79 Å². The van der Waals surface area contributed by atoms with Crippen LogP contribution in [0.2, 0.25) is 0 Å². The molecule has 1 aromatic carbocycles. The fourth-order valence-electron chi connectivity index (χ4n) is 1.27. The highest BCUT2D eigenvalue weighted by molar-refractivity contribution is 8.13. The zero-order valence-electron chi connectivity index (χ0n) is 8.97. The molecule has 0 aliphatic heterocycles. The number of carbonyl (C=O) groups excluding carboxylic acids is 2. The lowest BCUT2D eigenvalue weighted by Crippen LogP contribution is -2.13. The zero-order chi connectivity index (χ0) is 12.1. The van der Waals surface area contributed by atoms with Crippen molar-refractivity contribution in [2.45, 2.75) is 6.10 Å². The minimum atomic E-state index is -1.30. The van der Waals surface area contributed by atoms with Gasteiger partial charge < -0.3 is 9.84 Å². The smallest absolute Gasteiger partial charge is 0.338 e. The van der Waals surface area contributed by atoms with Crippen LogP contribution in [-0.2, 0) is 9.53 Å². The standard InChI is InChI=1S/C11H12O4S/c1-15-10(13)8-6-4-3-5-7(8)9(12)11(14)16-2/h3-6,9,12H,1-2H3/t9-/m0/s1. The molecule has 0 spiro atoms. The van der Waals surface area contributed by atoms with E-state index < -0.39 is 17.2 Å². The minimum absolute atomic E-state index is 0.208. The Bertz CT molecular complexity index is 403. The van der Waals surface area contributed by atoms with E-state index in [0.29, 0.717) is 0 Å². The Kier molecular flexibility index (Phi) is 4.52. The van der Waals surface area contributed by atoms with Crippen LogP contribution in [0, 0.1) is 0 Å². The van der Waals surface area contributed by atoms with Crippen molar-refractivity contribution in [1.82, 2.24) is 0 Å². The SMILES string of the molecule is COC(=O)c1ccccc1[C@H](O)C(=O)SC. The van der Waals surface area contributed by atoms with Gasteiger partial charge in [0.1, 0.15) is 6.10 Å². The lowest BCUT2D eigenvalue weighted by atomic mass is 10.0. The molecule has 0 bridgehead atoms. The molecule has 1 N–H and O–H groups in total. The first kappa shape index (κ1) is 12.7. The number of aliphatic hydroxyl groups excluding tert-OH is 1. The predicted molar refractivity (Wildman–Crippen MR) is 61.3 cm³/mol. The van der Waals surface area contributed by atoms with Crippen molar-refractivity contribution in [3.05, 3.63) is 35.4 Å². The van der Waals surface area contributed by atoms with E-state index in [9.17, 15) is 14.7 Å². The van der Waals surface area contributed by atoms with Gasteiger partial charge in [0.25, 0.3) is 0 Å². The Morgan fingerprint density at radius 3 is 2.56 bits per heavy atom. The third kappa shape index (κ3) is 2.62. The summed E-state index contributed by atoms with van der Waals surface area (Å²) in [5, 5.41) is 9.33. The summed E-state index contributed by atoms with van der Waals surface area (Å²) in [7, 11) is 1.25. The van der Waals surface area contributed by atoms with Crippen molar-refractivity contribution in [3.63, 3.8) is 0 Å². The van der Waals surface area contributed by atoms with Crippen LogP contribution in [0.1, 0.15) is 22.0 Å². The normalized spacial score (nSPS) is 11.9. The number of rotatable bonds is 3. The summed E-state index contributed by atoms with van der Waals surface area (Å²) < 4.78 is 4.57. The second-order valence-corrected chi connectivity index (χ2v) is 3.82. The molecule has 0 aromatic heterocycles.